The molecule has 0 fully saturated rings. The van der Waals surface area contributed by atoms with E-state index in [-0.39, 0.29) is 5.95 Å². The predicted molar refractivity (Wildman–Crippen MR) is 106 cm³/mol. The maximum Gasteiger partial charge on any atom is 0.434 e. The Morgan fingerprint density at radius 2 is 2.00 bits per heavy atom. The van der Waals surface area contributed by atoms with Crippen molar-refractivity contribution in [3.05, 3.63) is 81.7 Å². The quantitative estimate of drug-likeness (QED) is 0.441. The number of para-hydroxylation sites is 1. The third kappa shape index (κ3) is 4.89. The molecule has 0 saturated carbocycles. The average Bonchev–Trinajstić information content (AvgIpc) is 3.14. The molecule has 1 heterocycles. The second-order valence-electron chi connectivity index (χ2n) is 6.34. The molecule has 3 rings (SSSR count). The normalized spacial score (nSPS) is 10.5. The molecular formula is C20H20N4O5. The molecule has 0 aliphatic rings. The maximum atomic E-state index is 11.1. The molecule has 0 aliphatic heterocycles. The van der Waals surface area contributed by atoms with E-state index < -0.39 is 11.0 Å². The van der Waals surface area contributed by atoms with E-state index in [1.165, 1.54) is 10.8 Å². The number of carboxylic acid groups (broad SMARTS) is 1. The van der Waals surface area contributed by atoms with Crippen LogP contribution in [0.3, 0.4) is 0 Å². The van der Waals surface area contributed by atoms with E-state index in [2.05, 4.69) is 10.3 Å². The Hall–Kier alpha value is -3.88. The van der Waals surface area contributed by atoms with Gasteiger partial charge in [0.25, 0.3) is 0 Å². The summed E-state index contributed by atoms with van der Waals surface area (Å²) in [6, 6.07) is 12.7. The summed E-state index contributed by atoms with van der Waals surface area (Å²) < 4.78 is 7.38. The number of imidazole rings is 1. The zero-order valence-electron chi connectivity index (χ0n) is 15.7. The lowest BCUT2D eigenvalue weighted by Gasteiger charge is -2.14. The Bertz CT molecular complexity index is 1030. The highest BCUT2D eigenvalue weighted by molar-refractivity contribution is 5.83. The van der Waals surface area contributed by atoms with E-state index in [1.807, 2.05) is 37.3 Å². The number of ether oxygens (including phenoxy) is 1. The molecule has 3 aromatic rings. The van der Waals surface area contributed by atoms with Crippen LogP contribution in [0.4, 0.5) is 16.4 Å². The summed E-state index contributed by atoms with van der Waals surface area (Å²) in [7, 11) is 0. The van der Waals surface area contributed by atoms with Crippen LogP contribution in [-0.2, 0) is 13.0 Å². The van der Waals surface area contributed by atoms with E-state index in [1.54, 1.807) is 18.3 Å². The van der Waals surface area contributed by atoms with Gasteiger partial charge in [-0.15, -0.1) is 0 Å². The molecule has 1 aromatic heterocycles. The Kier molecular flexibility index (Phi) is 6.08. The second kappa shape index (κ2) is 8.87. The third-order valence-corrected chi connectivity index (χ3v) is 4.48. The molecule has 29 heavy (non-hydrogen) atoms. The monoisotopic (exact) mass is 396 g/mol. The minimum absolute atomic E-state index is 0.210. The van der Waals surface area contributed by atoms with Crippen LogP contribution in [0.15, 0.2) is 54.9 Å². The third-order valence-electron chi connectivity index (χ3n) is 4.48. The second-order valence-corrected chi connectivity index (χ2v) is 6.34. The van der Waals surface area contributed by atoms with Crippen LogP contribution in [0.5, 0.6) is 5.75 Å². The van der Waals surface area contributed by atoms with E-state index in [9.17, 15) is 14.9 Å². The Morgan fingerprint density at radius 1 is 1.24 bits per heavy atom. The number of hydrogen-bond donors (Lipinski definition) is 2. The lowest BCUT2D eigenvalue weighted by Crippen LogP contribution is -2.11. The summed E-state index contributed by atoms with van der Waals surface area (Å²) in [4.78, 5) is 25.2. The lowest BCUT2D eigenvalue weighted by atomic mass is 10.1. The highest BCUT2D eigenvalue weighted by Gasteiger charge is 2.16. The van der Waals surface area contributed by atoms with Gasteiger partial charge in [0.15, 0.2) is 0 Å². The van der Waals surface area contributed by atoms with Crippen LogP contribution in [0.1, 0.15) is 16.7 Å². The van der Waals surface area contributed by atoms with Crippen molar-refractivity contribution in [2.75, 3.05) is 11.9 Å². The Labute approximate surface area is 166 Å². The zero-order chi connectivity index (χ0) is 20.8. The topological polar surface area (TPSA) is 120 Å². The zero-order valence-corrected chi connectivity index (χ0v) is 15.7. The molecule has 0 atom stereocenters. The summed E-state index contributed by atoms with van der Waals surface area (Å²) in [5.41, 5.74) is 3.13. The molecule has 150 valence electrons. The van der Waals surface area contributed by atoms with Crippen molar-refractivity contribution in [3.8, 4) is 5.75 Å². The van der Waals surface area contributed by atoms with Gasteiger partial charge in [-0.2, -0.15) is 0 Å². The average molecular weight is 396 g/mol. The van der Waals surface area contributed by atoms with Gasteiger partial charge in [-0.3, -0.25) is 5.32 Å². The number of benzene rings is 2. The van der Waals surface area contributed by atoms with Gasteiger partial charge >= 0.3 is 12.0 Å². The number of nitro groups is 1. The van der Waals surface area contributed by atoms with Crippen molar-refractivity contribution in [1.82, 2.24) is 9.55 Å². The largest absolute Gasteiger partial charge is 0.493 e. The predicted octanol–water partition coefficient (Wildman–Crippen LogP) is 3.86. The highest BCUT2D eigenvalue weighted by Crippen LogP contribution is 2.24. The van der Waals surface area contributed by atoms with E-state index >= 15 is 0 Å². The smallest absolute Gasteiger partial charge is 0.434 e. The summed E-state index contributed by atoms with van der Waals surface area (Å²) in [5, 5.41) is 22.4. The van der Waals surface area contributed by atoms with E-state index in [0.29, 0.717) is 31.0 Å². The number of nitrogens with zero attached hydrogens (tertiary/aromatic N) is 3. The molecule has 0 aliphatic carbocycles. The van der Waals surface area contributed by atoms with Crippen molar-refractivity contribution in [2.24, 2.45) is 0 Å². The van der Waals surface area contributed by atoms with Gasteiger partial charge in [-0.05, 0) is 40.7 Å². The van der Waals surface area contributed by atoms with Crippen LogP contribution < -0.4 is 10.1 Å². The van der Waals surface area contributed by atoms with Crippen LogP contribution in [0.2, 0.25) is 0 Å². The van der Waals surface area contributed by atoms with Gasteiger partial charge in [-0.25, -0.2) is 9.36 Å². The first-order valence-electron chi connectivity index (χ1n) is 8.90. The van der Waals surface area contributed by atoms with Crippen molar-refractivity contribution in [3.63, 3.8) is 0 Å². The number of aromatic nitrogens is 2. The first-order chi connectivity index (χ1) is 14.0. The summed E-state index contributed by atoms with van der Waals surface area (Å²) in [5.74, 6) is 0.465. The van der Waals surface area contributed by atoms with Gasteiger partial charge in [0.2, 0.25) is 0 Å². The first-order valence-corrected chi connectivity index (χ1v) is 8.90. The minimum atomic E-state index is -1.12. The first kappa shape index (κ1) is 19.9. The van der Waals surface area contributed by atoms with Gasteiger partial charge in [0.1, 0.15) is 18.1 Å². The van der Waals surface area contributed by atoms with Gasteiger partial charge in [-0.1, -0.05) is 35.3 Å². The highest BCUT2D eigenvalue weighted by atomic mass is 16.6. The standard InChI is InChI=1S/C20H20N4O5/c1-14-16(13-23-11-10-21-19(23)24(27)28)6-4-8-18(14)29-12-9-15-5-2-3-7-17(15)22-20(25)26/h2-8,10-11,22H,9,12-13H2,1H3,(H,25,26). The fourth-order valence-electron chi connectivity index (χ4n) is 3.01. The van der Waals surface area contributed by atoms with Crippen LogP contribution in [0, 0.1) is 17.0 Å². The molecule has 0 radical (unpaired) electrons. The van der Waals surface area contributed by atoms with Crippen molar-refractivity contribution in [2.45, 2.75) is 19.9 Å². The van der Waals surface area contributed by atoms with Crippen molar-refractivity contribution in [1.29, 1.82) is 0 Å². The number of hydrogen-bond acceptors (Lipinski definition) is 5. The number of carbonyl (C=O) groups is 1. The fraction of sp³-hybridized carbons (Fsp3) is 0.200. The molecule has 0 unspecified atom stereocenters. The molecule has 9 heteroatoms. The lowest BCUT2D eigenvalue weighted by molar-refractivity contribution is -0.396. The minimum Gasteiger partial charge on any atom is -0.493 e. The Morgan fingerprint density at radius 3 is 2.76 bits per heavy atom. The molecule has 2 aromatic carbocycles. The van der Waals surface area contributed by atoms with Crippen molar-refractivity contribution >= 4 is 17.7 Å². The molecule has 1 amide bonds. The number of amides is 1. The molecular weight excluding hydrogens is 376 g/mol. The van der Waals surface area contributed by atoms with Gasteiger partial charge in [0, 0.05) is 12.1 Å². The van der Waals surface area contributed by atoms with Crippen LogP contribution in [0.25, 0.3) is 0 Å². The van der Waals surface area contributed by atoms with Crippen LogP contribution >= 0.6 is 0 Å². The number of rotatable bonds is 8. The molecule has 2 N–H and O–H groups in total. The van der Waals surface area contributed by atoms with Crippen LogP contribution in [-0.4, -0.2) is 32.3 Å². The van der Waals surface area contributed by atoms with Crippen molar-refractivity contribution < 1.29 is 19.6 Å². The number of anilines is 1. The molecule has 0 spiro atoms. The van der Waals surface area contributed by atoms with E-state index in [4.69, 9.17) is 9.84 Å². The Balaban J connectivity index is 1.69. The fourth-order valence-corrected chi connectivity index (χ4v) is 3.01. The van der Waals surface area contributed by atoms with Gasteiger partial charge in [0.05, 0.1) is 13.2 Å². The SMILES string of the molecule is Cc1c(Cn2ccnc2[N+](=O)[O-])cccc1OCCc1ccccc1NC(=O)O. The molecule has 0 bridgehead atoms. The van der Waals surface area contributed by atoms with Gasteiger partial charge < -0.3 is 20.0 Å². The van der Waals surface area contributed by atoms with E-state index in [0.717, 1.165) is 16.7 Å². The number of nitrogens with one attached hydrogen (secondary N) is 1. The summed E-state index contributed by atoms with van der Waals surface area (Å²) in [6.45, 7) is 2.56. The molecule has 0 saturated heterocycles. The summed E-state index contributed by atoms with van der Waals surface area (Å²) in [6.07, 6.45) is 2.37. The summed E-state index contributed by atoms with van der Waals surface area (Å²) >= 11 is 0. The maximum absolute atomic E-state index is 11.1. The molecule has 9 nitrogen and oxygen atoms in total.